The van der Waals surface area contributed by atoms with E-state index in [0.717, 1.165) is 17.3 Å². The second-order valence-electron chi connectivity index (χ2n) is 4.85. The highest BCUT2D eigenvalue weighted by atomic mass is 79.9. The van der Waals surface area contributed by atoms with E-state index in [4.69, 9.17) is 0 Å². The summed E-state index contributed by atoms with van der Waals surface area (Å²) in [6.45, 7) is 8.86. The van der Waals surface area contributed by atoms with Crippen LogP contribution in [0.15, 0.2) is 0 Å². The highest BCUT2D eigenvalue weighted by molar-refractivity contribution is 9.09. The van der Waals surface area contributed by atoms with E-state index in [-0.39, 0.29) is 0 Å². The Morgan fingerprint density at radius 2 is 2.21 bits per heavy atom. The molecule has 2 saturated heterocycles. The minimum Gasteiger partial charge on any atom is -0.300 e. The second kappa shape index (κ2) is 4.95. The Kier molecular flexibility index (Phi) is 3.86. The van der Waals surface area contributed by atoms with Crippen LogP contribution in [-0.2, 0) is 0 Å². The maximum absolute atomic E-state index is 3.56. The van der Waals surface area contributed by atoms with Gasteiger partial charge in [-0.05, 0) is 25.3 Å². The van der Waals surface area contributed by atoms with Crippen LogP contribution in [0.2, 0.25) is 0 Å². The summed E-state index contributed by atoms with van der Waals surface area (Å²) >= 11 is 3.56. The average Bonchev–Trinajstić information content (AvgIpc) is 2.64. The van der Waals surface area contributed by atoms with Gasteiger partial charge in [-0.15, -0.1) is 0 Å². The highest BCUT2D eigenvalue weighted by Crippen LogP contribution is 2.21. The van der Waals surface area contributed by atoms with Crippen molar-refractivity contribution in [1.29, 1.82) is 0 Å². The Morgan fingerprint density at radius 1 is 1.36 bits per heavy atom. The van der Waals surface area contributed by atoms with E-state index in [9.17, 15) is 0 Å². The van der Waals surface area contributed by atoms with Gasteiger partial charge in [0, 0.05) is 37.6 Å². The lowest BCUT2D eigenvalue weighted by molar-refractivity contribution is 0.0963. The minimum atomic E-state index is 0.794. The zero-order valence-electron chi connectivity index (χ0n) is 9.08. The molecule has 14 heavy (non-hydrogen) atoms. The first kappa shape index (κ1) is 10.9. The fourth-order valence-electron chi connectivity index (χ4n) is 2.71. The number of hydrogen-bond acceptors (Lipinski definition) is 2. The lowest BCUT2D eigenvalue weighted by Gasteiger charge is -2.38. The lowest BCUT2D eigenvalue weighted by atomic mass is 10.1. The summed E-state index contributed by atoms with van der Waals surface area (Å²) in [6, 6.07) is 0.881. The SMILES string of the molecule is CC(CBr)CN1CCN2CCCC2C1. The molecule has 0 amide bonds. The van der Waals surface area contributed by atoms with E-state index in [1.165, 1.54) is 45.6 Å². The third-order valence-electron chi connectivity index (χ3n) is 3.50. The van der Waals surface area contributed by atoms with Gasteiger partial charge in [0.15, 0.2) is 0 Å². The molecule has 2 nitrogen and oxygen atoms in total. The Hall–Kier alpha value is 0.400. The van der Waals surface area contributed by atoms with Crippen LogP contribution in [-0.4, -0.2) is 53.9 Å². The number of alkyl halides is 1. The van der Waals surface area contributed by atoms with Crippen molar-refractivity contribution >= 4 is 15.9 Å². The molecule has 0 aromatic rings. The van der Waals surface area contributed by atoms with Crippen LogP contribution in [0.25, 0.3) is 0 Å². The summed E-state index contributed by atoms with van der Waals surface area (Å²) < 4.78 is 0. The quantitative estimate of drug-likeness (QED) is 0.715. The van der Waals surface area contributed by atoms with Gasteiger partial charge in [0.1, 0.15) is 0 Å². The second-order valence-corrected chi connectivity index (χ2v) is 5.50. The van der Waals surface area contributed by atoms with Crippen molar-refractivity contribution in [2.24, 2.45) is 5.92 Å². The zero-order valence-corrected chi connectivity index (χ0v) is 10.7. The van der Waals surface area contributed by atoms with Crippen LogP contribution >= 0.6 is 15.9 Å². The van der Waals surface area contributed by atoms with Crippen molar-refractivity contribution in [2.75, 3.05) is 38.1 Å². The van der Waals surface area contributed by atoms with Crippen molar-refractivity contribution < 1.29 is 0 Å². The van der Waals surface area contributed by atoms with E-state index >= 15 is 0 Å². The number of halogens is 1. The first-order chi connectivity index (χ1) is 6.79. The molecule has 2 unspecified atom stereocenters. The topological polar surface area (TPSA) is 6.48 Å². The van der Waals surface area contributed by atoms with Crippen LogP contribution in [0.1, 0.15) is 19.8 Å². The van der Waals surface area contributed by atoms with E-state index < -0.39 is 0 Å². The maximum Gasteiger partial charge on any atom is 0.0224 e. The number of nitrogens with zero attached hydrogens (tertiary/aromatic N) is 2. The van der Waals surface area contributed by atoms with Crippen LogP contribution in [0, 0.1) is 5.92 Å². The molecule has 0 radical (unpaired) electrons. The van der Waals surface area contributed by atoms with Gasteiger partial charge in [0.25, 0.3) is 0 Å². The third-order valence-corrected chi connectivity index (χ3v) is 4.61. The van der Waals surface area contributed by atoms with Crippen molar-refractivity contribution in [3.05, 3.63) is 0 Å². The molecule has 2 aliphatic heterocycles. The Labute approximate surface area is 95.8 Å². The first-order valence-electron chi connectivity index (χ1n) is 5.82. The smallest absolute Gasteiger partial charge is 0.0224 e. The fraction of sp³-hybridized carbons (Fsp3) is 1.00. The number of rotatable bonds is 3. The minimum absolute atomic E-state index is 0.794. The lowest BCUT2D eigenvalue weighted by Crippen LogP contribution is -2.51. The van der Waals surface area contributed by atoms with Gasteiger partial charge < -0.3 is 4.90 Å². The van der Waals surface area contributed by atoms with E-state index in [2.05, 4.69) is 32.7 Å². The number of fused-ring (bicyclic) bond motifs is 1. The monoisotopic (exact) mass is 260 g/mol. The summed E-state index contributed by atoms with van der Waals surface area (Å²) in [5.74, 6) is 0.794. The van der Waals surface area contributed by atoms with Crippen LogP contribution in [0.4, 0.5) is 0 Å². The molecule has 0 aromatic carbocycles. The molecule has 0 spiro atoms. The molecule has 0 aliphatic carbocycles. The normalized spacial score (nSPS) is 31.7. The van der Waals surface area contributed by atoms with E-state index in [0.29, 0.717) is 0 Å². The van der Waals surface area contributed by atoms with Crippen LogP contribution in [0.3, 0.4) is 0 Å². The van der Waals surface area contributed by atoms with Crippen LogP contribution in [0.5, 0.6) is 0 Å². The highest BCUT2D eigenvalue weighted by Gasteiger charge is 2.30. The predicted octanol–water partition coefficient (Wildman–Crippen LogP) is 1.80. The number of piperazine rings is 1. The van der Waals surface area contributed by atoms with Crippen LogP contribution < -0.4 is 0 Å². The van der Waals surface area contributed by atoms with Crippen molar-refractivity contribution in [2.45, 2.75) is 25.8 Å². The van der Waals surface area contributed by atoms with Gasteiger partial charge in [-0.3, -0.25) is 4.90 Å². The summed E-state index contributed by atoms with van der Waals surface area (Å²) in [6.07, 6.45) is 2.85. The molecule has 3 heteroatoms. The average molecular weight is 261 g/mol. The summed E-state index contributed by atoms with van der Waals surface area (Å²) in [4.78, 5) is 5.33. The molecule has 0 N–H and O–H groups in total. The predicted molar refractivity (Wildman–Crippen MR) is 64.0 cm³/mol. The molecule has 2 fully saturated rings. The molecule has 0 saturated carbocycles. The Bertz CT molecular complexity index is 186. The van der Waals surface area contributed by atoms with Crippen molar-refractivity contribution in [1.82, 2.24) is 9.80 Å². The molecule has 0 bridgehead atoms. The summed E-state index contributed by atoms with van der Waals surface area (Å²) in [7, 11) is 0. The maximum atomic E-state index is 3.56. The molecule has 2 rings (SSSR count). The van der Waals surface area contributed by atoms with Gasteiger partial charge in [-0.25, -0.2) is 0 Å². The van der Waals surface area contributed by atoms with Crippen molar-refractivity contribution in [3.63, 3.8) is 0 Å². The van der Waals surface area contributed by atoms with Gasteiger partial charge in [-0.1, -0.05) is 22.9 Å². The largest absolute Gasteiger partial charge is 0.300 e. The fourth-order valence-corrected chi connectivity index (χ4v) is 2.92. The molecule has 0 aromatic heterocycles. The van der Waals surface area contributed by atoms with Gasteiger partial charge in [0.05, 0.1) is 0 Å². The Balaban J connectivity index is 1.79. The van der Waals surface area contributed by atoms with E-state index in [1.807, 2.05) is 0 Å². The van der Waals surface area contributed by atoms with Gasteiger partial charge >= 0.3 is 0 Å². The molecule has 2 aliphatic rings. The van der Waals surface area contributed by atoms with Gasteiger partial charge in [0.2, 0.25) is 0 Å². The summed E-state index contributed by atoms with van der Waals surface area (Å²) in [5, 5.41) is 1.14. The van der Waals surface area contributed by atoms with Crippen molar-refractivity contribution in [3.8, 4) is 0 Å². The van der Waals surface area contributed by atoms with Gasteiger partial charge in [-0.2, -0.15) is 0 Å². The zero-order chi connectivity index (χ0) is 9.97. The number of hydrogen-bond donors (Lipinski definition) is 0. The molecule has 2 atom stereocenters. The first-order valence-corrected chi connectivity index (χ1v) is 6.94. The molecular weight excluding hydrogens is 240 g/mol. The molecule has 2 heterocycles. The third kappa shape index (κ3) is 2.50. The summed E-state index contributed by atoms with van der Waals surface area (Å²) in [5.41, 5.74) is 0. The standard InChI is InChI=1S/C11H21BrN2/c1-10(7-12)8-13-5-6-14-4-2-3-11(14)9-13/h10-11H,2-9H2,1H3. The molecular formula is C11H21BrN2. The Morgan fingerprint density at radius 3 is 3.00 bits per heavy atom. The molecule has 82 valence electrons. The van der Waals surface area contributed by atoms with E-state index in [1.54, 1.807) is 0 Å².